The lowest BCUT2D eigenvalue weighted by Gasteiger charge is -2.32. The van der Waals surface area contributed by atoms with Gasteiger partial charge in [0.15, 0.2) is 0 Å². The highest BCUT2D eigenvalue weighted by Gasteiger charge is 2.25. The first-order valence-electron chi connectivity index (χ1n) is 3.43. The minimum absolute atomic E-state index is 0.443. The van der Waals surface area contributed by atoms with E-state index in [-0.39, 0.29) is 0 Å². The molecule has 54 valence electrons. The van der Waals surface area contributed by atoms with Crippen LogP contribution in [-0.2, 0) is 0 Å². The summed E-state index contributed by atoms with van der Waals surface area (Å²) < 4.78 is 0. The van der Waals surface area contributed by atoms with Gasteiger partial charge in [-0.2, -0.15) is 11.8 Å². The van der Waals surface area contributed by atoms with E-state index in [4.69, 9.17) is 5.73 Å². The zero-order chi connectivity index (χ0) is 6.91. The Bertz CT molecular complexity index is 101. The maximum atomic E-state index is 5.79. The molecule has 0 aromatic carbocycles. The SMILES string of the molecule is CC1(C)CSCC(N)C1. The molecule has 2 heteroatoms. The Morgan fingerprint density at radius 3 is 2.56 bits per heavy atom. The normalized spacial score (nSPS) is 34.3. The average Bonchev–Trinajstić information content (AvgIpc) is 1.60. The summed E-state index contributed by atoms with van der Waals surface area (Å²) in [7, 11) is 0. The van der Waals surface area contributed by atoms with Gasteiger partial charge in [0.1, 0.15) is 0 Å². The van der Waals surface area contributed by atoms with Crippen LogP contribution in [0, 0.1) is 5.41 Å². The summed E-state index contributed by atoms with van der Waals surface area (Å²) in [6, 6.07) is 0.443. The highest BCUT2D eigenvalue weighted by atomic mass is 32.2. The van der Waals surface area contributed by atoms with E-state index in [9.17, 15) is 0 Å². The highest BCUT2D eigenvalue weighted by Crippen LogP contribution is 2.32. The van der Waals surface area contributed by atoms with Crippen molar-refractivity contribution < 1.29 is 0 Å². The van der Waals surface area contributed by atoms with Gasteiger partial charge in [-0.1, -0.05) is 13.8 Å². The molecule has 1 atom stereocenters. The summed E-state index contributed by atoms with van der Waals surface area (Å²) in [6.07, 6.45) is 1.19. The van der Waals surface area contributed by atoms with Crippen LogP contribution >= 0.6 is 11.8 Å². The molecule has 1 nitrogen and oxygen atoms in total. The van der Waals surface area contributed by atoms with Gasteiger partial charge in [0, 0.05) is 11.8 Å². The van der Waals surface area contributed by atoms with Crippen molar-refractivity contribution >= 4 is 11.8 Å². The van der Waals surface area contributed by atoms with E-state index >= 15 is 0 Å². The summed E-state index contributed by atoms with van der Waals surface area (Å²) in [5.41, 5.74) is 6.28. The lowest BCUT2D eigenvalue weighted by Crippen LogP contribution is -2.35. The second-order valence-electron chi connectivity index (χ2n) is 3.64. The summed E-state index contributed by atoms with van der Waals surface area (Å²) in [5.74, 6) is 2.43. The molecule has 1 aliphatic heterocycles. The van der Waals surface area contributed by atoms with E-state index < -0.39 is 0 Å². The molecule has 1 saturated heterocycles. The molecule has 0 radical (unpaired) electrons. The third kappa shape index (κ3) is 2.18. The van der Waals surface area contributed by atoms with Crippen LogP contribution in [0.15, 0.2) is 0 Å². The van der Waals surface area contributed by atoms with Crippen molar-refractivity contribution in [3.63, 3.8) is 0 Å². The zero-order valence-corrected chi connectivity index (χ0v) is 7.00. The van der Waals surface area contributed by atoms with Crippen molar-refractivity contribution in [2.24, 2.45) is 11.1 Å². The fourth-order valence-corrected chi connectivity index (χ4v) is 2.52. The molecule has 0 spiro atoms. The van der Waals surface area contributed by atoms with Crippen molar-refractivity contribution in [3.8, 4) is 0 Å². The molecule has 0 saturated carbocycles. The van der Waals surface area contributed by atoms with Crippen LogP contribution in [0.3, 0.4) is 0 Å². The van der Waals surface area contributed by atoms with Crippen molar-refractivity contribution in [3.05, 3.63) is 0 Å². The van der Waals surface area contributed by atoms with E-state index in [1.54, 1.807) is 0 Å². The molecule has 1 fully saturated rings. The fourth-order valence-electron chi connectivity index (χ4n) is 1.31. The predicted octanol–water partition coefficient (Wildman–Crippen LogP) is 1.48. The minimum Gasteiger partial charge on any atom is -0.327 e. The maximum absolute atomic E-state index is 5.79. The monoisotopic (exact) mass is 145 g/mol. The predicted molar refractivity (Wildman–Crippen MR) is 43.7 cm³/mol. The van der Waals surface area contributed by atoms with Gasteiger partial charge < -0.3 is 5.73 Å². The van der Waals surface area contributed by atoms with E-state index in [2.05, 4.69) is 13.8 Å². The number of rotatable bonds is 0. The summed E-state index contributed by atoms with van der Waals surface area (Å²) in [4.78, 5) is 0. The maximum Gasteiger partial charge on any atom is 0.0135 e. The molecule has 1 unspecified atom stereocenters. The van der Waals surface area contributed by atoms with Crippen LogP contribution in [-0.4, -0.2) is 17.5 Å². The fraction of sp³-hybridized carbons (Fsp3) is 1.00. The molecular weight excluding hydrogens is 130 g/mol. The van der Waals surface area contributed by atoms with E-state index in [1.807, 2.05) is 11.8 Å². The van der Waals surface area contributed by atoms with Gasteiger partial charge in [0.2, 0.25) is 0 Å². The number of thioether (sulfide) groups is 1. The van der Waals surface area contributed by atoms with E-state index in [0.29, 0.717) is 11.5 Å². The van der Waals surface area contributed by atoms with Crippen LogP contribution in [0.4, 0.5) is 0 Å². The Balaban J connectivity index is 2.41. The third-order valence-corrected chi connectivity index (χ3v) is 3.29. The van der Waals surface area contributed by atoms with Gasteiger partial charge in [0.25, 0.3) is 0 Å². The Labute approximate surface area is 61.4 Å². The van der Waals surface area contributed by atoms with Crippen LogP contribution in [0.1, 0.15) is 20.3 Å². The topological polar surface area (TPSA) is 26.0 Å². The summed E-state index contributed by atoms with van der Waals surface area (Å²) in [6.45, 7) is 4.58. The largest absolute Gasteiger partial charge is 0.327 e. The quantitative estimate of drug-likeness (QED) is 0.558. The van der Waals surface area contributed by atoms with E-state index in [0.717, 1.165) is 5.75 Å². The number of hydrogen-bond acceptors (Lipinski definition) is 2. The molecule has 1 rings (SSSR count). The molecule has 0 aromatic rings. The van der Waals surface area contributed by atoms with Crippen molar-refractivity contribution in [2.75, 3.05) is 11.5 Å². The minimum atomic E-state index is 0.443. The molecule has 1 heterocycles. The van der Waals surface area contributed by atoms with Crippen molar-refractivity contribution in [1.82, 2.24) is 0 Å². The smallest absolute Gasteiger partial charge is 0.0135 e. The Kier molecular flexibility index (Phi) is 2.07. The van der Waals surface area contributed by atoms with Gasteiger partial charge in [-0.3, -0.25) is 0 Å². The first-order chi connectivity index (χ1) is 4.10. The summed E-state index contributed by atoms with van der Waals surface area (Å²) in [5, 5.41) is 0. The van der Waals surface area contributed by atoms with Gasteiger partial charge in [-0.25, -0.2) is 0 Å². The molecule has 0 bridgehead atoms. The van der Waals surface area contributed by atoms with Gasteiger partial charge in [0.05, 0.1) is 0 Å². The van der Waals surface area contributed by atoms with Gasteiger partial charge in [-0.05, 0) is 17.6 Å². The van der Waals surface area contributed by atoms with Crippen LogP contribution in [0.2, 0.25) is 0 Å². The Morgan fingerprint density at radius 2 is 2.22 bits per heavy atom. The Morgan fingerprint density at radius 1 is 1.56 bits per heavy atom. The molecular formula is C7H15NS. The molecule has 2 N–H and O–H groups in total. The summed E-state index contributed by atoms with van der Waals surface area (Å²) >= 11 is 1.98. The molecule has 0 amide bonds. The standard InChI is InChI=1S/C7H15NS/c1-7(2)3-6(8)4-9-5-7/h6H,3-5,8H2,1-2H3. The number of hydrogen-bond donors (Lipinski definition) is 1. The van der Waals surface area contributed by atoms with Crippen LogP contribution < -0.4 is 5.73 Å². The number of nitrogens with two attached hydrogens (primary N) is 1. The first-order valence-corrected chi connectivity index (χ1v) is 4.59. The second-order valence-corrected chi connectivity index (χ2v) is 4.67. The van der Waals surface area contributed by atoms with Gasteiger partial charge >= 0.3 is 0 Å². The first kappa shape index (κ1) is 7.42. The molecule has 0 aromatic heterocycles. The van der Waals surface area contributed by atoms with Crippen LogP contribution in [0.25, 0.3) is 0 Å². The molecule has 9 heavy (non-hydrogen) atoms. The molecule has 1 aliphatic rings. The lowest BCUT2D eigenvalue weighted by atomic mass is 9.88. The van der Waals surface area contributed by atoms with Crippen molar-refractivity contribution in [1.29, 1.82) is 0 Å². The van der Waals surface area contributed by atoms with E-state index in [1.165, 1.54) is 12.2 Å². The highest BCUT2D eigenvalue weighted by molar-refractivity contribution is 7.99. The lowest BCUT2D eigenvalue weighted by molar-refractivity contribution is 0.349. The Hall–Kier alpha value is 0.310. The van der Waals surface area contributed by atoms with Crippen molar-refractivity contribution in [2.45, 2.75) is 26.3 Å². The second kappa shape index (κ2) is 2.51. The van der Waals surface area contributed by atoms with Gasteiger partial charge in [-0.15, -0.1) is 0 Å². The van der Waals surface area contributed by atoms with Crippen LogP contribution in [0.5, 0.6) is 0 Å². The molecule has 0 aliphatic carbocycles. The zero-order valence-electron chi connectivity index (χ0n) is 6.18. The third-order valence-electron chi connectivity index (χ3n) is 1.64. The average molecular weight is 145 g/mol.